The SMILES string of the molecule is CCOC(=O)C1=C(CNCCc2ccc(Cl)cc2)NC(=O)N[C@H]1c1cccc([N+](=O)[O-])c1. The number of amides is 2. The summed E-state index contributed by atoms with van der Waals surface area (Å²) in [5.74, 6) is -0.606. The summed E-state index contributed by atoms with van der Waals surface area (Å²) in [6.07, 6.45) is 0.722. The maximum Gasteiger partial charge on any atom is 0.338 e. The number of urea groups is 1. The standard InChI is InChI=1S/C22H23ClN4O5/c1-2-32-21(28)19-18(13-24-11-10-14-6-8-16(23)9-7-14)25-22(29)26-20(19)15-4-3-5-17(12-15)27(30)31/h3-9,12,20,24H,2,10-11,13H2,1H3,(H2,25,26,29)/t20-/m0/s1. The number of nitro benzene ring substituents is 1. The molecule has 1 heterocycles. The highest BCUT2D eigenvalue weighted by Crippen LogP contribution is 2.29. The molecule has 0 spiro atoms. The number of rotatable bonds is 9. The van der Waals surface area contributed by atoms with Crippen LogP contribution in [0.25, 0.3) is 0 Å². The second kappa shape index (κ2) is 10.7. The van der Waals surface area contributed by atoms with Crippen molar-refractivity contribution in [2.45, 2.75) is 19.4 Å². The van der Waals surface area contributed by atoms with E-state index in [4.69, 9.17) is 16.3 Å². The van der Waals surface area contributed by atoms with Crippen LogP contribution in [0.15, 0.2) is 59.8 Å². The van der Waals surface area contributed by atoms with Gasteiger partial charge in [-0.3, -0.25) is 10.1 Å². The van der Waals surface area contributed by atoms with E-state index in [1.165, 1.54) is 18.2 Å². The zero-order valence-corrected chi connectivity index (χ0v) is 18.1. The lowest BCUT2D eigenvalue weighted by atomic mass is 9.94. The molecule has 0 fully saturated rings. The summed E-state index contributed by atoms with van der Waals surface area (Å²) in [6.45, 7) is 2.63. The van der Waals surface area contributed by atoms with Gasteiger partial charge in [0, 0.05) is 29.4 Å². The number of halogens is 1. The topological polar surface area (TPSA) is 123 Å². The molecule has 2 amide bonds. The van der Waals surface area contributed by atoms with Gasteiger partial charge >= 0.3 is 12.0 Å². The number of esters is 1. The van der Waals surface area contributed by atoms with Gasteiger partial charge in [0.1, 0.15) is 0 Å². The van der Waals surface area contributed by atoms with Crippen LogP contribution in [0.1, 0.15) is 24.1 Å². The molecule has 0 radical (unpaired) electrons. The number of nitrogens with zero attached hydrogens (tertiary/aromatic N) is 1. The van der Waals surface area contributed by atoms with Crippen LogP contribution < -0.4 is 16.0 Å². The van der Waals surface area contributed by atoms with Crippen LogP contribution in [0.5, 0.6) is 0 Å². The minimum Gasteiger partial charge on any atom is -0.463 e. The van der Waals surface area contributed by atoms with Crippen molar-refractivity contribution < 1.29 is 19.2 Å². The molecule has 1 atom stereocenters. The Balaban J connectivity index is 1.83. The van der Waals surface area contributed by atoms with E-state index in [1.54, 1.807) is 13.0 Å². The van der Waals surface area contributed by atoms with Crippen molar-refractivity contribution in [3.8, 4) is 0 Å². The van der Waals surface area contributed by atoms with Crippen LogP contribution in [0.2, 0.25) is 5.02 Å². The quantitative estimate of drug-likeness (QED) is 0.229. The molecule has 2 aromatic rings. The second-order valence-electron chi connectivity index (χ2n) is 7.05. The summed E-state index contributed by atoms with van der Waals surface area (Å²) in [7, 11) is 0. The smallest absolute Gasteiger partial charge is 0.338 e. The van der Waals surface area contributed by atoms with Crippen molar-refractivity contribution in [2.24, 2.45) is 0 Å². The van der Waals surface area contributed by atoms with E-state index in [0.29, 0.717) is 22.8 Å². The molecule has 2 aromatic carbocycles. The molecular weight excluding hydrogens is 436 g/mol. The Labute approximate surface area is 189 Å². The molecule has 1 aliphatic heterocycles. The van der Waals surface area contributed by atoms with Crippen LogP contribution in [0, 0.1) is 10.1 Å². The lowest BCUT2D eigenvalue weighted by molar-refractivity contribution is -0.384. The Kier molecular flexibility index (Phi) is 7.80. The van der Waals surface area contributed by atoms with E-state index in [2.05, 4.69) is 16.0 Å². The number of non-ortho nitro benzene ring substituents is 1. The van der Waals surface area contributed by atoms with Gasteiger partial charge in [0.05, 0.1) is 23.1 Å². The fourth-order valence-electron chi connectivity index (χ4n) is 3.37. The van der Waals surface area contributed by atoms with E-state index in [0.717, 1.165) is 12.0 Å². The number of carbonyl (C=O) groups excluding carboxylic acids is 2. The first-order valence-corrected chi connectivity index (χ1v) is 10.4. The maximum absolute atomic E-state index is 12.8. The molecule has 3 rings (SSSR count). The molecule has 1 aliphatic rings. The normalized spacial score (nSPS) is 15.7. The number of nitrogens with one attached hydrogen (secondary N) is 3. The predicted octanol–water partition coefficient (Wildman–Crippen LogP) is 3.25. The third kappa shape index (κ3) is 5.83. The third-order valence-electron chi connectivity index (χ3n) is 4.87. The average molecular weight is 459 g/mol. The molecule has 0 aliphatic carbocycles. The Hall–Kier alpha value is -3.43. The summed E-state index contributed by atoms with van der Waals surface area (Å²) < 4.78 is 5.20. The number of hydrogen-bond acceptors (Lipinski definition) is 6. The Morgan fingerprint density at radius 1 is 1.25 bits per heavy atom. The van der Waals surface area contributed by atoms with E-state index >= 15 is 0 Å². The first kappa shape index (κ1) is 23.2. The second-order valence-corrected chi connectivity index (χ2v) is 7.49. The van der Waals surface area contributed by atoms with Gasteiger partial charge < -0.3 is 20.7 Å². The zero-order chi connectivity index (χ0) is 23.1. The first-order valence-electron chi connectivity index (χ1n) is 10.1. The summed E-state index contributed by atoms with van der Waals surface area (Å²) in [5.41, 5.74) is 1.92. The minimum absolute atomic E-state index is 0.138. The lowest BCUT2D eigenvalue weighted by Crippen LogP contribution is -2.48. The molecule has 0 saturated heterocycles. The first-order chi connectivity index (χ1) is 15.4. The molecule has 168 valence electrons. The zero-order valence-electron chi connectivity index (χ0n) is 17.4. The third-order valence-corrected chi connectivity index (χ3v) is 5.12. The fraction of sp³-hybridized carbons (Fsp3) is 0.273. The highest BCUT2D eigenvalue weighted by atomic mass is 35.5. The van der Waals surface area contributed by atoms with E-state index in [1.807, 2.05) is 24.3 Å². The van der Waals surface area contributed by atoms with Crippen molar-refractivity contribution in [3.05, 3.63) is 86.1 Å². The Morgan fingerprint density at radius 2 is 2.00 bits per heavy atom. The highest BCUT2D eigenvalue weighted by Gasteiger charge is 2.34. The molecule has 3 N–H and O–H groups in total. The molecule has 0 unspecified atom stereocenters. The van der Waals surface area contributed by atoms with Crippen LogP contribution in [0.3, 0.4) is 0 Å². The van der Waals surface area contributed by atoms with E-state index < -0.39 is 23.0 Å². The van der Waals surface area contributed by atoms with Gasteiger partial charge in [-0.05, 0) is 43.1 Å². The van der Waals surface area contributed by atoms with Crippen molar-refractivity contribution in [2.75, 3.05) is 19.7 Å². The van der Waals surface area contributed by atoms with Crippen LogP contribution in [-0.4, -0.2) is 36.6 Å². The summed E-state index contributed by atoms with van der Waals surface area (Å²) in [4.78, 5) is 35.7. The number of carbonyl (C=O) groups is 2. The van der Waals surface area contributed by atoms with E-state index in [-0.39, 0.29) is 24.4 Å². The number of nitro groups is 1. The van der Waals surface area contributed by atoms with Crippen LogP contribution in [0.4, 0.5) is 10.5 Å². The minimum atomic E-state index is -0.879. The number of hydrogen-bond donors (Lipinski definition) is 3. The van der Waals surface area contributed by atoms with E-state index in [9.17, 15) is 19.7 Å². The molecule has 9 nitrogen and oxygen atoms in total. The van der Waals surface area contributed by atoms with Gasteiger partial charge in [-0.1, -0.05) is 35.9 Å². The van der Waals surface area contributed by atoms with Crippen molar-refractivity contribution in [3.63, 3.8) is 0 Å². The predicted molar refractivity (Wildman–Crippen MR) is 119 cm³/mol. The lowest BCUT2D eigenvalue weighted by Gasteiger charge is -2.29. The molecule has 0 saturated carbocycles. The number of ether oxygens (including phenoxy) is 1. The van der Waals surface area contributed by atoms with Crippen molar-refractivity contribution >= 4 is 29.3 Å². The van der Waals surface area contributed by atoms with Gasteiger partial charge in [-0.25, -0.2) is 9.59 Å². The van der Waals surface area contributed by atoms with Gasteiger partial charge in [0.25, 0.3) is 5.69 Å². The van der Waals surface area contributed by atoms with Crippen LogP contribution in [-0.2, 0) is 16.0 Å². The Bertz CT molecular complexity index is 1040. The van der Waals surface area contributed by atoms with Gasteiger partial charge in [0.2, 0.25) is 0 Å². The average Bonchev–Trinajstić information content (AvgIpc) is 2.77. The fourth-order valence-corrected chi connectivity index (χ4v) is 3.50. The Morgan fingerprint density at radius 3 is 2.69 bits per heavy atom. The van der Waals surface area contributed by atoms with Crippen molar-refractivity contribution in [1.29, 1.82) is 0 Å². The van der Waals surface area contributed by atoms with Crippen molar-refractivity contribution in [1.82, 2.24) is 16.0 Å². The van der Waals surface area contributed by atoms with Crippen LogP contribution >= 0.6 is 11.6 Å². The molecule has 32 heavy (non-hydrogen) atoms. The molecule has 0 bridgehead atoms. The van der Waals surface area contributed by atoms with Gasteiger partial charge in [-0.2, -0.15) is 0 Å². The highest BCUT2D eigenvalue weighted by molar-refractivity contribution is 6.30. The summed E-state index contributed by atoms with van der Waals surface area (Å²) >= 11 is 5.90. The van der Waals surface area contributed by atoms with Gasteiger partial charge in [0.15, 0.2) is 0 Å². The monoisotopic (exact) mass is 458 g/mol. The molecular formula is C22H23ClN4O5. The summed E-state index contributed by atoms with van der Waals surface area (Å²) in [6, 6.07) is 11.9. The maximum atomic E-state index is 12.8. The molecule has 10 heteroatoms. The summed E-state index contributed by atoms with van der Waals surface area (Å²) in [5, 5.41) is 20.4. The largest absolute Gasteiger partial charge is 0.463 e. The number of benzene rings is 2. The van der Waals surface area contributed by atoms with Gasteiger partial charge in [-0.15, -0.1) is 0 Å². The molecule has 0 aromatic heterocycles.